The number of carbonyl (C=O) groups excluding carboxylic acids is 2. The highest BCUT2D eigenvalue weighted by molar-refractivity contribution is 6.30. The van der Waals surface area contributed by atoms with Crippen molar-refractivity contribution in [3.8, 4) is 0 Å². The number of rotatable bonds is 9. The molecule has 0 saturated carbocycles. The van der Waals surface area contributed by atoms with Crippen LogP contribution in [0.25, 0.3) is 0 Å². The quantitative estimate of drug-likeness (QED) is 0.584. The van der Waals surface area contributed by atoms with Gasteiger partial charge in [0.2, 0.25) is 11.8 Å². The maximum Gasteiger partial charge on any atom is 0.243 e. The molecule has 0 saturated heterocycles. The third kappa shape index (κ3) is 7.06. The van der Waals surface area contributed by atoms with E-state index in [1.54, 1.807) is 29.2 Å². The normalized spacial score (nSPS) is 12.9. The van der Waals surface area contributed by atoms with Gasteiger partial charge < -0.3 is 10.2 Å². The smallest absolute Gasteiger partial charge is 0.243 e. The first-order valence-electron chi connectivity index (χ1n) is 9.92. The van der Waals surface area contributed by atoms with Crippen molar-refractivity contribution in [3.05, 3.63) is 69.7 Å². The Morgan fingerprint density at radius 2 is 1.41 bits per heavy atom. The van der Waals surface area contributed by atoms with E-state index in [0.717, 1.165) is 17.5 Å². The summed E-state index contributed by atoms with van der Waals surface area (Å²) in [7, 11) is 0. The van der Waals surface area contributed by atoms with Crippen LogP contribution >= 0.6 is 23.2 Å². The summed E-state index contributed by atoms with van der Waals surface area (Å²) < 4.78 is 0. The van der Waals surface area contributed by atoms with Crippen LogP contribution in [0.15, 0.2) is 48.5 Å². The van der Waals surface area contributed by atoms with Crippen molar-refractivity contribution in [2.24, 2.45) is 0 Å². The second-order valence-corrected chi connectivity index (χ2v) is 8.07. The van der Waals surface area contributed by atoms with Gasteiger partial charge in [-0.15, -0.1) is 0 Å². The Hall–Kier alpha value is -2.04. The van der Waals surface area contributed by atoms with E-state index in [0.29, 0.717) is 23.0 Å². The lowest BCUT2D eigenvalue weighted by Crippen LogP contribution is -2.51. The molecule has 0 aliphatic rings. The summed E-state index contributed by atoms with van der Waals surface area (Å²) in [4.78, 5) is 27.8. The maximum atomic E-state index is 13.2. The molecule has 4 nitrogen and oxygen atoms in total. The first-order chi connectivity index (χ1) is 13.8. The second-order valence-electron chi connectivity index (χ2n) is 7.19. The zero-order valence-electron chi connectivity index (χ0n) is 17.1. The van der Waals surface area contributed by atoms with Crippen LogP contribution in [0.3, 0.4) is 0 Å². The molecule has 0 radical (unpaired) electrons. The fraction of sp³-hybridized carbons (Fsp3) is 0.391. The molecule has 0 fully saturated rings. The standard InChI is InChI=1S/C23H28Cl2N2O2/c1-4-16(3)26-23(29)21(5-2)27(15-18-8-12-20(25)13-9-18)22(28)14-17-6-10-19(24)11-7-17/h6-13,16,21H,4-5,14-15H2,1-3H3,(H,26,29)/t16-,21+/m1/s1. The van der Waals surface area contributed by atoms with Crippen LogP contribution in [0, 0.1) is 0 Å². The van der Waals surface area contributed by atoms with E-state index < -0.39 is 6.04 Å². The van der Waals surface area contributed by atoms with E-state index >= 15 is 0 Å². The molecule has 6 heteroatoms. The van der Waals surface area contributed by atoms with E-state index in [9.17, 15) is 9.59 Å². The highest BCUT2D eigenvalue weighted by Crippen LogP contribution is 2.18. The summed E-state index contributed by atoms with van der Waals surface area (Å²) in [5.41, 5.74) is 1.78. The van der Waals surface area contributed by atoms with Crippen molar-refractivity contribution in [2.45, 2.75) is 58.7 Å². The van der Waals surface area contributed by atoms with E-state index in [-0.39, 0.29) is 24.3 Å². The molecule has 2 atom stereocenters. The number of hydrogen-bond acceptors (Lipinski definition) is 2. The van der Waals surface area contributed by atoms with E-state index in [2.05, 4.69) is 5.32 Å². The van der Waals surface area contributed by atoms with Crippen molar-refractivity contribution >= 4 is 35.0 Å². The zero-order valence-corrected chi connectivity index (χ0v) is 18.6. The first-order valence-corrected chi connectivity index (χ1v) is 10.7. The molecular formula is C23H28Cl2N2O2. The predicted molar refractivity (Wildman–Crippen MR) is 119 cm³/mol. The maximum absolute atomic E-state index is 13.2. The Morgan fingerprint density at radius 1 is 0.897 bits per heavy atom. The molecular weight excluding hydrogens is 407 g/mol. The van der Waals surface area contributed by atoms with Crippen LogP contribution < -0.4 is 5.32 Å². The molecule has 1 N–H and O–H groups in total. The Kier molecular flexibility index (Phi) is 8.99. The van der Waals surface area contributed by atoms with Crippen molar-refractivity contribution in [1.82, 2.24) is 10.2 Å². The summed E-state index contributed by atoms with van der Waals surface area (Å²) >= 11 is 11.9. The summed E-state index contributed by atoms with van der Waals surface area (Å²) in [6.07, 6.45) is 1.57. The van der Waals surface area contributed by atoms with Crippen molar-refractivity contribution in [1.29, 1.82) is 0 Å². The minimum atomic E-state index is -0.542. The number of carbonyl (C=O) groups is 2. The largest absolute Gasteiger partial charge is 0.352 e. The monoisotopic (exact) mass is 434 g/mol. The molecule has 0 aromatic heterocycles. The van der Waals surface area contributed by atoms with E-state index in [4.69, 9.17) is 23.2 Å². The summed E-state index contributed by atoms with van der Waals surface area (Å²) in [6, 6.07) is 14.1. The molecule has 2 rings (SSSR count). The highest BCUT2D eigenvalue weighted by Gasteiger charge is 2.29. The number of amides is 2. The molecule has 2 amide bonds. The lowest BCUT2D eigenvalue weighted by molar-refractivity contribution is -0.141. The minimum absolute atomic E-state index is 0.0558. The van der Waals surface area contributed by atoms with Crippen molar-refractivity contribution in [2.75, 3.05) is 0 Å². The van der Waals surface area contributed by atoms with Gasteiger partial charge in [0.1, 0.15) is 6.04 Å². The molecule has 0 spiro atoms. The number of benzene rings is 2. The molecule has 2 aromatic rings. The van der Waals surface area contributed by atoms with Gasteiger partial charge in [-0.1, -0.05) is 61.3 Å². The van der Waals surface area contributed by atoms with Crippen LogP contribution in [0.2, 0.25) is 10.0 Å². The minimum Gasteiger partial charge on any atom is -0.352 e. The Bertz CT molecular complexity index is 807. The number of nitrogens with zero attached hydrogens (tertiary/aromatic N) is 1. The fourth-order valence-electron chi connectivity index (χ4n) is 3.03. The fourth-order valence-corrected chi connectivity index (χ4v) is 3.28. The van der Waals surface area contributed by atoms with Crippen LogP contribution in [-0.2, 0) is 22.6 Å². The predicted octanol–water partition coefficient (Wildman–Crippen LogP) is 5.26. The number of halogens is 2. The third-order valence-electron chi connectivity index (χ3n) is 4.92. The third-order valence-corrected chi connectivity index (χ3v) is 5.43. The highest BCUT2D eigenvalue weighted by atomic mass is 35.5. The number of hydrogen-bond donors (Lipinski definition) is 1. The van der Waals surface area contributed by atoms with Crippen molar-refractivity contribution < 1.29 is 9.59 Å². The lowest BCUT2D eigenvalue weighted by atomic mass is 10.1. The van der Waals surface area contributed by atoms with Gasteiger partial charge in [0.25, 0.3) is 0 Å². The molecule has 2 aromatic carbocycles. The van der Waals surface area contributed by atoms with Gasteiger partial charge >= 0.3 is 0 Å². The van der Waals surface area contributed by atoms with Gasteiger partial charge in [0.05, 0.1) is 6.42 Å². The average Bonchev–Trinajstić information content (AvgIpc) is 2.70. The van der Waals surface area contributed by atoms with Gasteiger partial charge in [-0.3, -0.25) is 9.59 Å². The lowest BCUT2D eigenvalue weighted by Gasteiger charge is -2.31. The van der Waals surface area contributed by atoms with Gasteiger partial charge in [0.15, 0.2) is 0 Å². The molecule has 0 bridgehead atoms. The van der Waals surface area contributed by atoms with Gasteiger partial charge in [-0.25, -0.2) is 0 Å². The van der Waals surface area contributed by atoms with Gasteiger partial charge in [0, 0.05) is 22.6 Å². The van der Waals surface area contributed by atoms with Crippen LogP contribution in [0.1, 0.15) is 44.7 Å². The Morgan fingerprint density at radius 3 is 1.90 bits per heavy atom. The second kappa shape index (κ2) is 11.2. The molecule has 29 heavy (non-hydrogen) atoms. The first kappa shape index (κ1) is 23.2. The Labute approximate surface area is 183 Å². The van der Waals surface area contributed by atoms with Gasteiger partial charge in [-0.05, 0) is 55.2 Å². The number of nitrogens with one attached hydrogen (secondary N) is 1. The van der Waals surface area contributed by atoms with Gasteiger partial charge in [-0.2, -0.15) is 0 Å². The van der Waals surface area contributed by atoms with E-state index in [1.165, 1.54) is 0 Å². The summed E-state index contributed by atoms with van der Waals surface area (Å²) in [6.45, 7) is 6.24. The summed E-state index contributed by atoms with van der Waals surface area (Å²) in [5, 5.41) is 4.27. The molecule has 0 aliphatic carbocycles. The summed E-state index contributed by atoms with van der Waals surface area (Å²) in [5.74, 6) is -0.228. The zero-order chi connectivity index (χ0) is 21.4. The van der Waals surface area contributed by atoms with E-state index in [1.807, 2.05) is 45.0 Å². The van der Waals surface area contributed by atoms with Crippen LogP contribution in [0.4, 0.5) is 0 Å². The SMILES string of the molecule is CC[C@@H](C)NC(=O)[C@H](CC)N(Cc1ccc(Cl)cc1)C(=O)Cc1ccc(Cl)cc1. The van der Waals surface area contributed by atoms with Crippen LogP contribution in [-0.4, -0.2) is 28.8 Å². The molecule has 0 unspecified atom stereocenters. The molecule has 0 heterocycles. The molecule has 156 valence electrons. The Balaban J connectivity index is 2.26. The topological polar surface area (TPSA) is 49.4 Å². The molecule has 0 aliphatic heterocycles. The average molecular weight is 435 g/mol. The van der Waals surface area contributed by atoms with Crippen LogP contribution in [0.5, 0.6) is 0 Å². The van der Waals surface area contributed by atoms with Crippen molar-refractivity contribution in [3.63, 3.8) is 0 Å².